The first kappa shape index (κ1) is 12.3. The number of hydrogen-bond acceptors (Lipinski definition) is 2. The summed E-state index contributed by atoms with van der Waals surface area (Å²) in [6.07, 6.45) is 3.68. The fraction of sp³-hybridized carbons (Fsp3) is 0.0769. The van der Waals surface area contributed by atoms with Gasteiger partial charge < -0.3 is 9.88 Å². The summed E-state index contributed by atoms with van der Waals surface area (Å²) in [5.41, 5.74) is 4.71. The molecule has 0 unspecified atom stereocenters. The minimum absolute atomic E-state index is 0.464. The van der Waals surface area contributed by atoms with E-state index in [1.807, 2.05) is 60.3 Å². The lowest BCUT2D eigenvalue weighted by molar-refractivity contribution is 0.914. The molecule has 0 bridgehead atoms. The second kappa shape index (κ2) is 5.97. The molecular weight excluding hydrogens is 244 g/mol. The van der Waals surface area contributed by atoms with Crippen LogP contribution in [0.15, 0.2) is 53.8 Å². The molecule has 0 aliphatic rings. The zero-order chi connectivity index (χ0) is 12.8. The normalized spacial score (nSPS) is 10.5. The Morgan fingerprint density at radius 1 is 1.22 bits per heavy atom. The Morgan fingerprint density at radius 2 is 2.00 bits per heavy atom. The summed E-state index contributed by atoms with van der Waals surface area (Å²) < 4.78 is 1.97. The van der Waals surface area contributed by atoms with Gasteiger partial charge in [0, 0.05) is 18.9 Å². The molecule has 18 heavy (non-hydrogen) atoms. The highest BCUT2D eigenvalue weighted by Gasteiger charge is 1.95. The van der Waals surface area contributed by atoms with Crippen molar-refractivity contribution in [1.82, 2.24) is 9.99 Å². The number of aryl methyl sites for hydroxylation is 1. The zero-order valence-electron chi connectivity index (χ0n) is 10.00. The molecule has 2 N–H and O–H groups in total. The lowest BCUT2D eigenvalue weighted by Gasteiger charge is -2.06. The number of rotatable bonds is 3. The SMILES string of the molecule is Cn1cccc1/C=N/NC(=S)Nc1ccccc1. The van der Waals surface area contributed by atoms with Crippen LogP contribution in [0.4, 0.5) is 5.69 Å². The van der Waals surface area contributed by atoms with Crippen molar-refractivity contribution in [3.05, 3.63) is 54.4 Å². The van der Waals surface area contributed by atoms with Crippen molar-refractivity contribution in [2.45, 2.75) is 0 Å². The van der Waals surface area contributed by atoms with E-state index < -0.39 is 0 Å². The Labute approximate surface area is 111 Å². The number of nitrogens with zero attached hydrogens (tertiary/aromatic N) is 2. The molecule has 0 atom stereocenters. The summed E-state index contributed by atoms with van der Waals surface area (Å²) >= 11 is 5.12. The third-order valence-corrected chi connectivity index (χ3v) is 2.57. The van der Waals surface area contributed by atoms with Crippen LogP contribution in [-0.4, -0.2) is 15.9 Å². The molecule has 0 fully saturated rings. The molecule has 0 saturated heterocycles. The second-order valence-electron chi connectivity index (χ2n) is 3.73. The molecule has 1 aromatic heterocycles. The number of thiocarbonyl (C=S) groups is 1. The Bertz CT molecular complexity index is 545. The van der Waals surface area contributed by atoms with Crippen LogP contribution in [0.2, 0.25) is 0 Å². The molecule has 1 aromatic carbocycles. The average molecular weight is 258 g/mol. The summed E-state index contributed by atoms with van der Waals surface area (Å²) in [4.78, 5) is 0. The summed E-state index contributed by atoms with van der Waals surface area (Å²) in [5, 5.41) is 7.57. The molecule has 4 nitrogen and oxygen atoms in total. The second-order valence-corrected chi connectivity index (χ2v) is 4.14. The van der Waals surface area contributed by atoms with Gasteiger partial charge in [-0.25, -0.2) is 0 Å². The summed E-state index contributed by atoms with van der Waals surface area (Å²) in [6.45, 7) is 0. The molecule has 0 amide bonds. The van der Waals surface area contributed by atoms with E-state index in [9.17, 15) is 0 Å². The third-order valence-electron chi connectivity index (χ3n) is 2.38. The van der Waals surface area contributed by atoms with Gasteiger partial charge in [-0.3, -0.25) is 5.43 Å². The van der Waals surface area contributed by atoms with Crippen LogP contribution in [-0.2, 0) is 7.05 Å². The summed E-state index contributed by atoms with van der Waals surface area (Å²) in [6, 6.07) is 13.6. The van der Waals surface area contributed by atoms with Crippen molar-refractivity contribution in [2.24, 2.45) is 12.1 Å². The maximum atomic E-state index is 5.12. The van der Waals surface area contributed by atoms with Gasteiger partial charge in [-0.15, -0.1) is 0 Å². The van der Waals surface area contributed by atoms with Crippen molar-refractivity contribution in [2.75, 3.05) is 5.32 Å². The van der Waals surface area contributed by atoms with E-state index in [2.05, 4.69) is 15.8 Å². The van der Waals surface area contributed by atoms with E-state index in [1.165, 1.54) is 0 Å². The lowest BCUT2D eigenvalue weighted by Crippen LogP contribution is -2.23. The quantitative estimate of drug-likeness (QED) is 0.504. The number of anilines is 1. The number of aromatic nitrogens is 1. The zero-order valence-corrected chi connectivity index (χ0v) is 10.8. The highest BCUT2D eigenvalue weighted by Crippen LogP contribution is 2.04. The first-order valence-electron chi connectivity index (χ1n) is 5.52. The maximum Gasteiger partial charge on any atom is 0.191 e. The smallest absolute Gasteiger partial charge is 0.191 e. The van der Waals surface area contributed by atoms with E-state index in [4.69, 9.17) is 12.2 Å². The van der Waals surface area contributed by atoms with Crippen molar-refractivity contribution in [3.63, 3.8) is 0 Å². The maximum absolute atomic E-state index is 5.12. The first-order chi connectivity index (χ1) is 8.75. The van der Waals surface area contributed by atoms with Gasteiger partial charge in [0.15, 0.2) is 5.11 Å². The standard InChI is InChI=1S/C13H14N4S/c1-17-9-5-8-12(17)10-14-16-13(18)15-11-6-3-2-4-7-11/h2-10H,1H3,(H2,15,16,18)/b14-10+. The Balaban J connectivity index is 1.86. The minimum atomic E-state index is 0.464. The first-order valence-corrected chi connectivity index (χ1v) is 5.93. The number of hydrogen-bond donors (Lipinski definition) is 2. The van der Waals surface area contributed by atoms with Crippen LogP contribution in [0, 0.1) is 0 Å². The minimum Gasteiger partial charge on any atom is -0.350 e. The van der Waals surface area contributed by atoms with Gasteiger partial charge in [-0.2, -0.15) is 5.10 Å². The largest absolute Gasteiger partial charge is 0.350 e. The van der Waals surface area contributed by atoms with E-state index in [0.717, 1.165) is 11.4 Å². The highest BCUT2D eigenvalue weighted by atomic mass is 32.1. The van der Waals surface area contributed by atoms with E-state index in [0.29, 0.717) is 5.11 Å². The van der Waals surface area contributed by atoms with Gasteiger partial charge in [0.05, 0.1) is 11.9 Å². The van der Waals surface area contributed by atoms with E-state index in [1.54, 1.807) is 6.21 Å². The molecule has 0 aliphatic carbocycles. The predicted molar refractivity (Wildman–Crippen MR) is 78.8 cm³/mol. The van der Waals surface area contributed by atoms with Crippen molar-refractivity contribution in [3.8, 4) is 0 Å². The fourth-order valence-corrected chi connectivity index (χ4v) is 1.62. The molecule has 2 aromatic rings. The van der Waals surface area contributed by atoms with Crippen molar-refractivity contribution < 1.29 is 0 Å². The van der Waals surface area contributed by atoms with Gasteiger partial charge >= 0.3 is 0 Å². The van der Waals surface area contributed by atoms with Gasteiger partial charge in [-0.05, 0) is 36.5 Å². The summed E-state index contributed by atoms with van der Waals surface area (Å²) in [5.74, 6) is 0. The number of hydrazone groups is 1. The topological polar surface area (TPSA) is 41.4 Å². The molecule has 1 heterocycles. The lowest BCUT2D eigenvalue weighted by atomic mass is 10.3. The van der Waals surface area contributed by atoms with Gasteiger partial charge in [0.25, 0.3) is 0 Å². The Hall–Kier alpha value is -2.14. The highest BCUT2D eigenvalue weighted by molar-refractivity contribution is 7.80. The monoisotopic (exact) mass is 258 g/mol. The van der Waals surface area contributed by atoms with Crippen molar-refractivity contribution >= 4 is 29.2 Å². The Morgan fingerprint density at radius 3 is 2.67 bits per heavy atom. The van der Waals surface area contributed by atoms with Crippen LogP contribution in [0.5, 0.6) is 0 Å². The molecule has 0 aliphatic heterocycles. The molecular formula is C13H14N4S. The van der Waals surface area contributed by atoms with Crippen molar-refractivity contribution in [1.29, 1.82) is 0 Å². The number of benzene rings is 1. The van der Waals surface area contributed by atoms with Gasteiger partial charge in [-0.1, -0.05) is 18.2 Å². The van der Waals surface area contributed by atoms with Crippen LogP contribution in [0.3, 0.4) is 0 Å². The van der Waals surface area contributed by atoms with Crippen LogP contribution >= 0.6 is 12.2 Å². The number of para-hydroxylation sites is 1. The number of nitrogens with one attached hydrogen (secondary N) is 2. The molecule has 0 saturated carbocycles. The molecule has 0 radical (unpaired) electrons. The van der Waals surface area contributed by atoms with E-state index >= 15 is 0 Å². The van der Waals surface area contributed by atoms with Crippen LogP contribution < -0.4 is 10.7 Å². The third kappa shape index (κ3) is 3.43. The van der Waals surface area contributed by atoms with Crippen LogP contribution in [0.25, 0.3) is 0 Å². The van der Waals surface area contributed by atoms with Gasteiger partial charge in [0.1, 0.15) is 0 Å². The fourth-order valence-electron chi connectivity index (χ4n) is 1.45. The molecule has 0 spiro atoms. The molecule has 5 heteroatoms. The van der Waals surface area contributed by atoms with Gasteiger partial charge in [0.2, 0.25) is 0 Å². The van der Waals surface area contributed by atoms with Crippen LogP contribution in [0.1, 0.15) is 5.69 Å². The molecule has 92 valence electrons. The van der Waals surface area contributed by atoms with E-state index in [-0.39, 0.29) is 0 Å². The Kier molecular flexibility index (Phi) is 4.09. The summed E-state index contributed by atoms with van der Waals surface area (Å²) in [7, 11) is 1.96. The average Bonchev–Trinajstić information content (AvgIpc) is 2.76. The molecule has 2 rings (SSSR count). The predicted octanol–water partition coefficient (Wildman–Crippen LogP) is 2.35.